The van der Waals surface area contributed by atoms with Crippen LogP contribution in [0.4, 0.5) is 5.69 Å². The molecule has 16 heavy (non-hydrogen) atoms. The third kappa shape index (κ3) is 1.82. The van der Waals surface area contributed by atoms with E-state index in [1.54, 1.807) is 12.1 Å². The molecule has 0 saturated carbocycles. The molecule has 0 atom stereocenters. The fourth-order valence-electron chi connectivity index (χ4n) is 1.64. The van der Waals surface area contributed by atoms with Gasteiger partial charge in [-0.3, -0.25) is 4.79 Å². The molecule has 1 fully saturated rings. The minimum absolute atomic E-state index is 0.0194. The Balaban J connectivity index is 2.43. The highest BCUT2D eigenvalue weighted by Crippen LogP contribution is 2.27. The van der Waals surface area contributed by atoms with Crippen molar-refractivity contribution in [2.75, 3.05) is 11.4 Å². The van der Waals surface area contributed by atoms with Gasteiger partial charge in [-0.05, 0) is 17.7 Å². The molecular formula is C11H10BrNO3. The number of β-lactam (4-membered cyclic amide) rings is 1. The number of hydrogen-bond donors (Lipinski definition) is 1. The zero-order chi connectivity index (χ0) is 11.7. The Kier molecular flexibility index (Phi) is 2.96. The van der Waals surface area contributed by atoms with Crippen molar-refractivity contribution in [2.45, 2.75) is 11.8 Å². The van der Waals surface area contributed by atoms with Crippen molar-refractivity contribution in [2.24, 2.45) is 0 Å². The second-order valence-corrected chi connectivity index (χ2v) is 4.15. The van der Waals surface area contributed by atoms with E-state index < -0.39 is 5.97 Å². The lowest BCUT2D eigenvalue weighted by molar-refractivity contribution is -0.122. The first-order valence-corrected chi connectivity index (χ1v) is 5.98. The largest absolute Gasteiger partial charge is 0.478 e. The third-order valence-corrected chi connectivity index (χ3v) is 3.23. The van der Waals surface area contributed by atoms with Crippen LogP contribution < -0.4 is 4.90 Å². The predicted molar refractivity (Wildman–Crippen MR) is 63.0 cm³/mol. The Morgan fingerprint density at radius 1 is 1.50 bits per heavy atom. The normalized spacial score (nSPS) is 14.8. The third-order valence-electron chi connectivity index (χ3n) is 2.59. The lowest BCUT2D eigenvalue weighted by atomic mass is 10.1. The van der Waals surface area contributed by atoms with E-state index in [0.29, 0.717) is 24.0 Å². The van der Waals surface area contributed by atoms with Crippen LogP contribution in [-0.2, 0) is 10.1 Å². The highest BCUT2D eigenvalue weighted by atomic mass is 79.9. The monoisotopic (exact) mass is 283 g/mol. The second kappa shape index (κ2) is 4.25. The van der Waals surface area contributed by atoms with Crippen LogP contribution in [0.25, 0.3) is 0 Å². The van der Waals surface area contributed by atoms with Gasteiger partial charge in [0.1, 0.15) is 0 Å². The summed E-state index contributed by atoms with van der Waals surface area (Å²) in [6.45, 7) is 0.604. The second-order valence-electron chi connectivity index (χ2n) is 3.59. The van der Waals surface area contributed by atoms with Crippen LogP contribution in [0, 0.1) is 0 Å². The van der Waals surface area contributed by atoms with Gasteiger partial charge in [-0.15, -0.1) is 0 Å². The fraction of sp³-hybridized carbons (Fsp3) is 0.273. The van der Waals surface area contributed by atoms with Crippen LogP contribution in [0.2, 0.25) is 0 Å². The van der Waals surface area contributed by atoms with Crippen LogP contribution in [0.15, 0.2) is 18.2 Å². The Hall–Kier alpha value is -1.36. The number of benzene rings is 1. The van der Waals surface area contributed by atoms with E-state index in [9.17, 15) is 9.59 Å². The van der Waals surface area contributed by atoms with E-state index in [2.05, 4.69) is 15.9 Å². The van der Waals surface area contributed by atoms with Gasteiger partial charge in [-0.1, -0.05) is 22.0 Å². The maximum Gasteiger partial charge on any atom is 0.337 e. The number of halogens is 1. The van der Waals surface area contributed by atoms with Gasteiger partial charge in [-0.2, -0.15) is 0 Å². The standard InChI is InChI=1S/C11H10BrNO3/c12-6-7-1-2-9(8(5-7)11(15)16)13-4-3-10(13)14/h1-2,5H,3-4,6H2,(H,15,16). The predicted octanol–water partition coefficient (Wildman–Crippen LogP) is 2.02. The van der Waals surface area contributed by atoms with E-state index in [-0.39, 0.29) is 11.5 Å². The lowest BCUT2D eigenvalue weighted by Crippen LogP contribution is -2.44. The number of amides is 1. The average molecular weight is 284 g/mol. The number of rotatable bonds is 3. The molecule has 0 spiro atoms. The SMILES string of the molecule is O=C(O)c1cc(CBr)ccc1N1CCC1=O. The fourth-order valence-corrected chi connectivity index (χ4v) is 1.99. The highest BCUT2D eigenvalue weighted by Gasteiger charge is 2.28. The van der Waals surface area contributed by atoms with Crippen LogP contribution in [-0.4, -0.2) is 23.5 Å². The molecule has 0 aliphatic carbocycles. The van der Waals surface area contributed by atoms with E-state index >= 15 is 0 Å². The highest BCUT2D eigenvalue weighted by molar-refractivity contribution is 9.08. The summed E-state index contributed by atoms with van der Waals surface area (Å²) in [5.41, 5.74) is 1.56. The van der Waals surface area contributed by atoms with Gasteiger partial charge in [0.2, 0.25) is 5.91 Å². The number of hydrogen-bond acceptors (Lipinski definition) is 2. The Morgan fingerprint density at radius 3 is 2.69 bits per heavy atom. The first-order chi connectivity index (χ1) is 7.63. The number of carboxylic acid groups (broad SMARTS) is 1. The smallest absolute Gasteiger partial charge is 0.337 e. The number of carboxylic acids is 1. The molecule has 0 unspecified atom stereocenters. The van der Waals surface area contributed by atoms with Crippen molar-refractivity contribution in [1.29, 1.82) is 0 Å². The summed E-state index contributed by atoms with van der Waals surface area (Å²) >= 11 is 3.27. The molecular weight excluding hydrogens is 274 g/mol. The van der Waals surface area contributed by atoms with E-state index in [0.717, 1.165) is 5.56 Å². The van der Waals surface area contributed by atoms with Crippen molar-refractivity contribution < 1.29 is 14.7 Å². The summed E-state index contributed by atoms with van der Waals surface area (Å²) in [4.78, 5) is 23.9. The first kappa shape index (κ1) is 11.1. The summed E-state index contributed by atoms with van der Waals surface area (Å²) in [7, 11) is 0. The quantitative estimate of drug-likeness (QED) is 0.682. The molecule has 1 heterocycles. The van der Waals surface area contributed by atoms with Crippen molar-refractivity contribution in [3.05, 3.63) is 29.3 Å². The zero-order valence-electron chi connectivity index (χ0n) is 8.44. The number of anilines is 1. The van der Waals surface area contributed by atoms with Gasteiger partial charge in [-0.25, -0.2) is 4.79 Å². The molecule has 1 N–H and O–H groups in total. The van der Waals surface area contributed by atoms with Crippen molar-refractivity contribution >= 4 is 33.5 Å². The van der Waals surface area contributed by atoms with Gasteiger partial charge in [0.15, 0.2) is 0 Å². The Morgan fingerprint density at radius 2 is 2.25 bits per heavy atom. The van der Waals surface area contributed by atoms with Crippen LogP contribution >= 0.6 is 15.9 Å². The van der Waals surface area contributed by atoms with Crippen LogP contribution in [0.5, 0.6) is 0 Å². The Bertz CT molecular complexity index is 459. The number of alkyl halides is 1. The molecule has 0 aromatic heterocycles. The molecule has 2 rings (SSSR count). The molecule has 1 aliphatic rings. The molecule has 1 aromatic rings. The van der Waals surface area contributed by atoms with E-state index in [1.807, 2.05) is 6.07 Å². The summed E-state index contributed by atoms with van der Waals surface area (Å²) < 4.78 is 0. The molecule has 1 amide bonds. The molecule has 84 valence electrons. The molecule has 0 radical (unpaired) electrons. The molecule has 0 bridgehead atoms. The van der Waals surface area contributed by atoms with Crippen LogP contribution in [0.1, 0.15) is 22.3 Å². The topological polar surface area (TPSA) is 57.6 Å². The summed E-state index contributed by atoms with van der Waals surface area (Å²) in [6, 6.07) is 5.11. The minimum atomic E-state index is -1.00. The van der Waals surface area contributed by atoms with Crippen molar-refractivity contribution in [3.63, 3.8) is 0 Å². The maximum absolute atomic E-state index is 11.3. The van der Waals surface area contributed by atoms with Crippen molar-refractivity contribution in [1.82, 2.24) is 0 Å². The summed E-state index contributed by atoms with van der Waals surface area (Å²) in [6.07, 6.45) is 0.499. The minimum Gasteiger partial charge on any atom is -0.478 e. The van der Waals surface area contributed by atoms with E-state index in [4.69, 9.17) is 5.11 Å². The van der Waals surface area contributed by atoms with Crippen molar-refractivity contribution in [3.8, 4) is 0 Å². The van der Waals surface area contributed by atoms with E-state index in [1.165, 1.54) is 4.90 Å². The van der Waals surface area contributed by atoms with Gasteiger partial charge >= 0.3 is 5.97 Å². The summed E-state index contributed by atoms with van der Waals surface area (Å²) in [5.74, 6) is -1.02. The molecule has 1 saturated heterocycles. The molecule has 5 heteroatoms. The summed E-state index contributed by atoms with van der Waals surface area (Å²) in [5, 5.41) is 9.69. The lowest BCUT2D eigenvalue weighted by Gasteiger charge is -2.31. The van der Waals surface area contributed by atoms with Gasteiger partial charge in [0, 0.05) is 18.3 Å². The number of aromatic carboxylic acids is 1. The van der Waals surface area contributed by atoms with Gasteiger partial charge in [0.25, 0.3) is 0 Å². The van der Waals surface area contributed by atoms with Gasteiger partial charge < -0.3 is 10.0 Å². The maximum atomic E-state index is 11.3. The molecule has 1 aromatic carbocycles. The average Bonchev–Trinajstić information content (AvgIpc) is 2.27. The molecule has 1 aliphatic heterocycles. The number of carbonyl (C=O) groups is 2. The van der Waals surface area contributed by atoms with Crippen LogP contribution in [0.3, 0.4) is 0 Å². The molecule has 4 nitrogen and oxygen atoms in total. The Labute approximate surface area is 101 Å². The zero-order valence-corrected chi connectivity index (χ0v) is 10.0. The number of nitrogens with zero attached hydrogens (tertiary/aromatic N) is 1. The van der Waals surface area contributed by atoms with Gasteiger partial charge in [0.05, 0.1) is 11.3 Å². The number of carbonyl (C=O) groups excluding carboxylic acids is 1. The first-order valence-electron chi connectivity index (χ1n) is 4.86.